The molecule has 98 valence electrons. The van der Waals surface area contributed by atoms with E-state index in [1.54, 1.807) is 13.8 Å². The van der Waals surface area contributed by atoms with Crippen LogP contribution in [0.25, 0.3) is 0 Å². The predicted octanol–water partition coefficient (Wildman–Crippen LogP) is 0.960. The van der Waals surface area contributed by atoms with Crippen LogP contribution in [0, 0.1) is 10.1 Å². The Balaban J connectivity index is 2.44. The van der Waals surface area contributed by atoms with Gasteiger partial charge >= 0.3 is 5.97 Å². The Bertz CT molecular complexity index is 286. The van der Waals surface area contributed by atoms with E-state index < -0.39 is 23.4 Å². The molecule has 0 N–H and O–H groups in total. The van der Waals surface area contributed by atoms with E-state index in [4.69, 9.17) is 4.74 Å². The van der Waals surface area contributed by atoms with Gasteiger partial charge in [-0.25, -0.2) is 4.79 Å². The lowest BCUT2D eigenvalue weighted by Crippen LogP contribution is -2.53. The summed E-state index contributed by atoms with van der Waals surface area (Å²) in [5.74, 6) is -0.499. The van der Waals surface area contributed by atoms with E-state index in [1.165, 1.54) is 6.42 Å². The maximum Gasteiger partial charge on any atom is 0.327 e. The number of nitrogens with zero attached hydrogens (tertiary/aromatic N) is 2. The van der Waals surface area contributed by atoms with Gasteiger partial charge in [-0.2, -0.15) is 0 Å². The normalized spacial score (nSPS) is 17.5. The highest BCUT2D eigenvalue weighted by Crippen LogP contribution is 2.21. The zero-order valence-electron chi connectivity index (χ0n) is 10.2. The second kappa shape index (κ2) is 5.81. The van der Waals surface area contributed by atoms with E-state index >= 15 is 0 Å². The lowest BCUT2D eigenvalue weighted by Gasteiger charge is -2.38. The Morgan fingerprint density at radius 1 is 1.35 bits per heavy atom. The number of hydrogen-bond acceptors (Lipinski definition) is 6. The van der Waals surface area contributed by atoms with Gasteiger partial charge in [0, 0.05) is 0 Å². The maximum atomic E-state index is 11.8. The number of hydrogen-bond donors (Lipinski definition) is 0. The van der Waals surface area contributed by atoms with Gasteiger partial charge in [0.2, 0.25) is 6.79 Å². The summed E-state index contributed by atoms with van der Waals surface area (Å²) >= 11 is 0. The average Bonchev–Trinajstić information content (AvgIpc) is 2.29. The molecule has 1 aliphatic heterocycles. The van der Waals surface area contributed by atoms with Crippen molar-refractivity contribution >= 4 is 5.97 Å². The van der Waals surface area contributed by atoms with Crippen LogP contribution >= 0.6 is 0 Å². The molecule has 0 aromatic carbocycles. The van der Waals surface area contributed by atoms with Gasteiger partial charge < -0.3 is 4.74 Å². The van der Waals surface area contributed by atoms with Crippen molar-refractivity contribution in [3.63, 3.8) is 0 Å². The Morgan fingerprint density at radius 2 is 1.94 bits per heavy atom. The summed E-state index contributed by atoms with van der Waals surface area (Å²) in [6, 6.07) is 0. The first-order valence-corrected chi connectivity index (χ1v) is 5.64. The molecular weight excluding hydrogens is 228 g/mol. The standard InChI is InChI=1S/C10H18N2O5/c1-10(2,11-6-4-3-5-7-11)9(13)16-8-17-12(14)15/h3-8H2,1-2H3. The highest BCUT2D eigenvalue weighted by Gasteiger charge is 2.36. The summed E-state index contributed by atoms with van der Waals surface area (Å²) in [6.07, 6.45) is 3.29. The van der Waals surface area contributed by atoms with Crippen LogP contribution in [0.1, 0.15) is 33.1 Å². The predicted molar refractivity (Wildman–Crippen MR) is 58.5 cm³/mol. The number of likely N-dealkylation sites (tertiary alicyclic amines) is 1. The Hall–Kier alpha value is -1.37. The fourth-order valence-electron chi connectivity index (χ4n) is 1.88. The molecule has 7 nitrogen and oxygen atoms in total. The SMILES string of the molecule is CC(C)(C(=O)OCO[N+](=O)[O-])N1CCCCC1. The minimum absolute atomic E-state index is 0.499. The number of carbonyl (C=O) groups is 1. The van der Waals surface area contributed by atoms with Crippen molar-refractivity contribution in [2.45, 2.75) is 38.6 Å². The van der Waals surface area contributed by atoms with Crippen LogP contribution < -0.4 is 0 Å². The summed E-state index contributed by atoms with van der Waals surface area (Å²) in [7, 11) is 0. The van der Waals surface area contributed by atoms with E-state index in [1.807, 2.05) is 4.90 Å². The molecule has 1 aliphatic rings. The Labute approximate surface area is 99.8 Å². The average molecular weight is 246 g/mol. The summed E-state index contributed by atoms with van der Waals surface area (Å²) < 4.78 is 4.73. The van der Waals surface area contributed by atoms with Gasteiger partial charge in [-0.1, -0.05) is 6.42 Å². The molecule has 0 radical (unpaired) electrons. The highest BCUT2D eigenvalue weighted by atomic mass is 17.0. The molecule has 1 rings (SSSR count). The molecule has 17 heavy (non-hydrogen) atoms. The molecule has 1 saturated heterocycles. The third-order valence-corrected chi connectivity index (χ3v) is 2.99. The van der Waals surface area contributed by atoms with E-state index in [0.29, 0.717) is 0 Å². The molecule has 0 bridgehead atoms. The van der Waals surface area contributed by atoms with Crippen molar-refractivity contribution in [2.75, 3.05) is 19.9 Å². The van der Waals surface area contributed by atoms with E-state index in [9.17, 15) is 14.9 Å². The fraction of sp³-hybridized carbons (Fsp3) is 0.900. The lowest BCUT2D eigenvalue weighted by molar-refractivity contribution is -0.765. The largest absolute Gasteiger partial charge is 0.436 e. The van der Waals surface area contributed by atoms with Crippen LogP contribution in [0.15, 0.2) is 0 Å². The quantitative estimate of drug-likeness (QED) is 0.311. The molecule has 0 unspecified atom stereocenters. The van der Waals surface area contributed by atoms with Crippen LogP contribution in [0.5, 0.6) is 0 Å². The Kier molecular flexibility index (Phi) is 4.68. The van der Waals surface area contributed by atoms with Crippen molar-refractivity contribution in [2.24, 2.45) is 0 Å². The van der Waals surface area contributed by atoms with Crippen LogP contribution in [-0.4, -0.2) is 41.4 Å². The number of esters is 1. The minimum Gasteiger partial charge on any atom is -0.436 e. The van der Waals surface area contributed by atoms with Gasteiger partial charge in [-0.15, -0.1) is 10.1 Å². The van der Waals surface area contributed by atoms with Gasteiger partial charge in [0.25, 0.3) is 5.09 Å². The first-order chi connectivity index (χ1) is 7.94. The second-order valence-electron chi connectivity index (χ2n) is 4.51. The molecule has 7 heteroatoms. The zero-order valence-corrected chi connectivity index (χ0v) is 10.2. The molecule has 0 aromatic heterocycles. The number of carbonyl (C=O) groups excluding carboxylic acids is 1. The first-order valence-electron chi connectivity index (χ1n) is 5.64. The molecule has 0 atom stereocenters. The first kappa shape index (κ1) is 13.7. The lowest BCUT2D eigenvalue weighted by atomic mass is 9.99. The van der Waals surface area contributed by atoms with Crippen LogP contribution in [-0.2, 0) is 14.4 Å². The minimum atomic E-state index is -0.985. The molecular formula is C10H18N2O5. The summed E-state index contributed by atoms with van der Waals surface area (Å²) in [5, 5.41) is 8.93. The van der Waals surface area contributed by atoms with Crippen LogP contribution in [0.2, 0.25) is 0 Å². The maximum absolute atomic E-state index is 11.8. The van der Waals surface area contributed by atoms with Gasteiger partial charge in [-0.05, 0) is 39.8 Å². The molecule has 0 aliphatic carbocycles. The van der Waals surface area contributed by atoms with E-state index in [2.05, 4.69) is 4.84 Å². The highest BCUT2D eigenvalue weighted by molar-refractivity contribution is 5.79. The molecule has 1 heterocycles. The van der Waals surface area contributed by atoms with E-state index in [-0.39, 0.29) is 0 Å². The smallest absolute Gasteiger partial charge is 0.327 e. The number of rotatable bonds is 5. The summed E-state index contributed by atoms with van der Waals surface area (Å²) in [4.78, 5) is 27.7. The van der Waals surface area contributed by atoms with Gasteiger partial charge in [0.1, 0.15) is 5.54 Å². The van der Waals surface area contributed by atoms with Crippen molar-refractivity contribution in [3.05, 3.63) is 10.1 Å². The van der Waals surface area contributed by atoms with Crippen molar-refractivity contribution in [1.29, 1.82) is 0 Å². The van der Waals surface area contributed by atoms with Crippen molar-refractivity contribution in [1.82, 2.24) is 4.90 Å². The molecule has 0 spiro atoms. The van der Waals surface area contributed by atoms with Crippen LogP contribution in [0.4, 0.5) is 0 Å². The second-order valence-corrected chi connectivity index (χ2v) is 4.51. The van der Waals surface area contributed by atoms with E-state index in [0.717, 1.165) is 25.9 Å². The molecule has 0 aromatic rings. The molecule has 0 amide bonds. The van der Waals surface area contributed by atoms with Gasteiger partial charge in [-0.3, -0.25) is 9.74 Å². The fourth-order valence-corrected chi connectivity index (χ4v) is 1.88. The monoisotopic (exact) mass is 246 g/mol. The van der Waals surface area contributed by atoms with Gasteiger partial charge in [0.05, 0.1) is 0 Å². The Morgan fingerprint density at radius 3 is 2.47 bits per heavy atom. The topological polar surface area (TPSA) is 81.9 Å². The zero-order chi connectivity index (χ0) is 12.9. The third-order valence-electron chi connectivity index (χ3n) is 2.99. The van der Waals surface area contributed by atoms with Crippen molar-refractivity contribution in [3.8, 4) is 0 Å². The van der Waals surface area contributed by atoms with Gasteiger partial charge in [0.15, 0.2) is 0 Å². The molecule has 1 fully saturated rings. The molecule has 0 saturated carbocycles. The number of piperidine rings is 1. The summed E-state index contributed by atoms with van der Waals surface area (Å²) in [5.41, 5.74) is -0.764. The third kappa shape index (κ3) is 3.85. The number of ether oxygens (including phenoxy) is 1. The van der Waals surface area contributed by atoms with Crippen molar-refractivity contribution < 1.29 is 19.5 Å². The van der Waals surface area contributed by atoms with Crippen LogP contribution in [0.3, 0.4) is 0 Å². The summed E-state index contributed by atoms with van der Waals surface area (Å²) in [6.45, 7) is 4.55.